The number of hydrogen-bond donors (Lipinski definition) is 1. The van der Waals surface area contributed by atoms with Gasteiger partial charge in [-0.15, -0.1) is 0 Å². The van der Waals surface area contributed by atoms with Crippen molar-refractivity contribution >= 4 is 5.91 Å². The number of likely N-dealkylation sites (tertiary alicyclic amines) is 1. The summed E-state index contributed by atoms with van der Waals surface area (Å²) in [5.74, 6) is -1.98. The van der Waals surface area contributed by atoms with Crippen molar-refractivity contribution in [3.8, 4) is 0 Å². The monoisotopic (exact) mass is 349 g/mol. The van der Waals surface area contributed by atoms with E-state index in [9.17, 15) is 13.6 Å². The summed E-state index contributed by atoms with van der Waals surface area (Å²) in [5.41, 5.74) is 1.27. The second-order valence-corrected chi connectivity index (χ2v) is 6.65. The van der Waals surface area contributed by atoms with Gasteiger partial charge in [-0.3, -0.25) is 9.69 Å². The van der Waals surface area contributed by atoms with Gasteiger partial charge in [0.15, 0.2) is 11.6 Å². The average molecular weight is 349 g/mol. The van der Waals surface area contributed by atoms with Crippen molar-refractivity contribution < 1.29 is 18.1 Å². The van der Waals surface area contributed by atoms with Crippen molar-refractivity contribution in [2.24, 2.45) is 0 Å². The maximum Gasteiger partial charge on any atom is 0.290 e. The number of carbonyl (C=O) groups excluding carboxylic acids is 1. The molecule has 1 aromatic carbocycles. The summed E-state index contributed by atoms with van der Waals surface area (Å²) in [4.78, 5) is 14.6. The summed E-state index contributed by atoms with van der Waals surface area (Å²) < 4.78 is 32.0. The lowest BCUT2D eigenvalue weighted by molar-refractivity contribution is 0.0882. The fraction of sp³-hybridized carbons (Fsp3) is 0.444. The number of aryl methyl sites for hydroxylation is 1. The van der Waals surface area contributed by atoms with E-state index in [-0.39, 0.29) is 29.8 Å². The van der Waals surface area contributed by atoms with E-state index < -0.39 is 11.6 Å². The van der Waals surface area contributed by atoms with Crippen LogP contribution >= 0.6 is 0 Å². The molecule has 134 valence electrons. The van der Waals surface area contributed by atoms with Crippen molar-refractivity contribution in [3.63, 3.8) is 0 Å². The van der Waals surface area contributed by atoms with Gasteiger partial charge in [0.1, 0.15) is 0 Å². The summed E-state index contributed by atoms with van der Waals surface area (Å²) in [6.45, 7) is 6.57. The first-order valence-electron chi connectivity index (χ1n) is 8.31. The molecule has 2 heterocycles. The predicted octanol–water partition coefficient (Wildman–Crippen LogP) is 3.22. The molecule has 0 aliphatic carbocycles. The molecule has 0 unspecified atom stereocenters. The van der Waals surface area contributed by atoms with Crippen molar-refractivity contribution in [1.29, 1.82) is 0 Å². The molecule has 25 heavy (non-hydrogen) atoms. The molecule has 5 nitrogen and oxygen atoms in total. The molecule has 0 spiro atoms. The molecular weight excluding hydrogens is 328 g/mol. The summed E-state index contributed by atoms with van der Waals surface area (Å²) in [6.07, 6.45) is 0.709. The van der Waals surface area contributed by atoms with Crippen LogP contribution in [0.1, 0.15) is 48.1 Å². The Hall–Kier alpha value is -2.28. The fourth-order valence-electron chi connectivity index (χ4n) is 3.38. The third kappa shape index (κ3) is 3.56. The van der Waals surface area contributed by atoms with Crippen LogP contribution in [-0.2, 0) is 0 Å². The zero-order valence-electron chi connectivity index (χ0n) is 14.4. The van der Waals surface area contributed by atoms with E-state index in [2.05, 4.69) is 15.4 Å². The van der Waals surface area contributed by atoms with Crippen molar-refractivity contribution in [2.45, 2.75) is 45.3 Å². The van der Waals surface area contributed by atoms with Crippen molar-refractivity contribution in [2.75, 3.05) is 6.54 Å². The topological polar surface area (TPSA) is 58.4 Å². The van der Waals surface area contributed by atoms with Gasteiger partial charge in [0.2, 0.25) is 5.76 Å². The zero-order chi connectivity index (χ0) is 18.1. The summed E-state index contributed by atoms with van der Waals surface area (Å²) in [6, 6.07) is 5.21. The Balaban J connectivity index is 1.86. The van der Waals surface area contributed by atoms with Gasteiger partial charge < -0.3 is 9.84 Å². The smallest absolute Gasteiger partial charge is 0.290 e. The number of carbonyl (C=O) groups is 1. The Morgan fingerprint density at radius 2 is 2.08 bits per heavy atom. The number of aromatic nitrogens is 1. The zero-order valence-corrected chi connectivity index (χ0v) is 14.4. The van der Waals surface area contributed by atoms with Crippen LogP contribution in [0, 0.1) is 18.6 Å². The SMILES string of the molecule is Cc1cc(C(=O)N[C@@H]2CCN(C(C)C)[C@@H]2c2ccc(F)c(F)c2)on1. The van der Waals surface area contributed by atoms with Crippen LogP contribution in [0.15, 0.2) is 28.8 Å². The van der Waals surface area contributed by atoms with Gasteiger partial charge >= 0.3 is 0 Å². The first-order valence-corrected chi connectivity index (χ1v) is 8.31. The van der Waals surface area contributed by atoms with Crippen LogP contribution < -0.4 is 5.32 Å². The number of rotatable bonds is 4. The number of nitrogens with zero attached hydrogens (tertiary/aromatic N) is 2. The molecule has 1 aromatic heterocycles. The Kier molecular flexibility index (Phi) is 4.85. The van der Waals surface area contributed by atoms with E-state index in [1.165, 1.54) is 6.07 Å². The lowest BCUT2D eigenvalue weighted by atomic mass is 9.99. The molecule has 1 aliphatic rings. The molecule has 1 aliphatic heterocycles. The average Bonchev–Trinajstić information content (AvgIpc) is 3.16. The van der Waals surface area contributed by atoms with Gasteiger partial charge in [-0.25, -0.2) is 8.78 Å². The summed E-state index contributed by atoms with van der Waals surface area (Å²) >= 11 is 0. The van der Waals surface area contributed by atoms with Crippen molar-refractivity contribution in [3.05, 3.63) is 52.9 Å². The molecule has 1 fully saturated rings. The first-order chi connectivity index (χ1) is 11.9. The van der Waals surface area contributed by atoms with Gasteiger partial charge in [0, 0.05) is 18.7 Å². The highest BCUT2D eigenvalue weighted by atomic mass is 19.2. The van der Waals surface area contributed by atoms with Crippen LogP contribution in [0.4, 0.5) is 8.78 Å². The lowest BCUT2D eigenvalue weighted by Gasteiger charge is -2.31. The number of benzene rings is 1. The van der Waals surface area contributed by atoms with Crippen LogP contribution in [0.5, 0.6) is 0 Å². The molecule has 3 rings (SSSR count). The molecule has 2 aromatic rings. The summed E-state index contributed by atoms with van der Waals surface area (Å²) in [5, 5.41) is 6.66. The highest BCUT2D eigenvalue weighted by Crippen LogP contribution is 2.34. The minimum absolute atomic E-state index is 0.143. The molecule has 1 amide bonds. The maximum atomic E-state index is 13.7. The van der Waals surface area contributed by atoms with E-state index >= 15 is 0 Å². The van der Waals surface area contributed by atoms with E-state index in [0.717, 1.165) is 12.6 Å². The highest BCUT2D eigenvalue weighted by Gasteiger charge is 2.38. The van der Waals surface area contributed by atoms with E-state index in [4.69, 9.17) is 4.52 Å². The normalized spacial score (nSPS) is 21.0. The molecule has 0 radical (unpaired) electrons. The van der Waals surface area contributed by atoms with Gasteiger partial charge in [-0.2, -0.15) is 0 Å². The number of hydrogen-bond acceptors (Lipinski definition) is 4. The number of amides is 1. The van der Waals surface area contributed by atoms with Crippen LogP contribution in [0.3, 0.4) is 0 Å². The van der Waals surface area contributed by atoms with Gasteiger partial charge in [-0.05, 0) is 44.9 Å². The lowest BCUT2D eigenvalue weighted by Crippen LogP contribution is -2.41. The minimum atomic E-state index is -0.885. The predicted molar refractivity (Wildman–Crippen MR) is 88.1 cm³/mol. The molecule has 1 N–H and O–H groups in total. The Morgan fingerprint density at radius 3 is 2.68 bits per heavy atom. The standard InChI is InChI=1S/C18H21F2N3O2/c1-10(2)23-7-6-15(21-18(24)16-8-11(3)22-25-16)17(23)12-4-5-13(19)14(20)9-12/h4-5,8-10,15,17H,6-7H2,1-3H3,(H,21,24)/t15-,17-/m1/s1. The van der Waals surface area contributed by atoms with Gasteiger partial charge in [0.25, 0.3) is 5.91 Å². The maximum absolute atomic E-state index is 13.7. The second kappa shape index (κ2) is 6.92. The molecule has 0 bridgehead atoms. The van der Waals surface area contributed by atoms with E-state index in [1.54, 1.807) is 19.1 Å². The highest BCUT2D eigenvalue weighted by molar-refractivity contribution is 5.91. The number of halogens is 2. The molecule has 1 saturated heterocycles. The molecule has 2 atom stereocenters. The fourth-order valence-corrected chi connectivity index (χ4v) is 3.38. The Morgan fingerprint density at radius 1 is 1.32 bits per heavy atom. The Bertz CT molecular complexity index is 775. The number of nitrogens with one attached hydrogen (secondary N) is 1. The van der Waals surface area contributed by atoms with Crippen LogP contribution in [0.25, 0.3) is 0 Å². The van der Waals surface area contributed by atoms with Gasteiger partial charge in [-0.1, -0.05) is 11.2 Å². The van der Waals surface area contributed by atoms with E-state index in [0.29, 0.717) is 17.7 Å². The summed E-state index contributed by atoms with van der Waals surface area (Å²) in [7, 11) is 0. The van der Waals surface area contributed by atoms with Gasteiger partial charge in [0.05, 0.1) is 17.8 Å². The third-order valence-corrected chi connectivity index (χ3v) is 4.55. The minimum Gasteiger partial charge on any atom is -0.351 e. The van der Waals surface area contributed by atoms with Crippen LogP contribution in [0.2, 0.25) is 0 Å². The molecular formula is C18H21F2N3O2. The molecule has 0 saturated carbocycles. The largest absolute Gasteiger partial charge is 0.351 e. The van der Waals surface area contributed by atoms with Crippen LogP contribution in [-0.4, -0.2) is 34.6 Å². The molecule has 7 heteroatoms. The quantitative estimate of drug-likeness (QED) is 0.921. The van der Waals surface area contributed by atoms with Crippen molar-refractivity contribution in [1.82, 2.24) is 15.4 Å². The third-order valence-electron chi connectivity index (χ3n) is 4.55. The second-order valence-electron chi connectivity index (χ2n) is 6.65. The Labute approximate surface area is 145 Å². The first kappa shape index (κ1) is 17.5. The van der Waals surface area contributed by atoms with E-state index in [1.807, 2.05) is 13.8 Å².